The van der Waals surface area contributed by atoms with Crippen molar-refractivity contribution >= 4 is 0 Å². The van der Waals surface area contributed by atoms with Gasteiger partial charge in [-0.3, -0.25) is 4.90 Å². The highest BCUT2D eigenvalue weighted by Gasteiger charge is 2.11. The summed E-state index contributed by atoms with van der Waals surface area (Å²) in [6.07, 6.45) is 1.53. The van der Waals surface area contributed by atoms with Gasteiger partial charge in [-0.15, -0.1) is 0 Å². The molecule has 0 saturated carbocycles. The average Bonchev–Trinajstić information content (AvgIpc) is 1.87. The van der Waals surface area contributed by atoms with E-state index in [1.807, 2.05) is 7.05 Å². The lowest BCUT2D eigenvalue weighted by Gasteiger charge is -2.26. The van der Waals surface area contributed by atoms with Crippen molar-refractivity contribution in [1.29, 1.82) is 0 Å². The average molecular weight is 146 g/mol. The van der Waals surface area contributed by atoms with E-state index in [2.05, 4.69) is 6.92 Å². The van der Waals surface area contributed by atoms with Crippen molar-refractivity contribution in [2.75, 3.05) is 7.05 Å². The van der Waals surface area contributed by atoms with Crippen molar-refractivity contribution in [2.45, 2.75) is 39.1 Å². The van der Waals surface area contributed by atoms with Gasteiger partial charge in [0.05, 0.1) is 6.17 Å². The van der Waals surface area contributed by atoms with Gasteiger partial charge in [-0.1, -0.05) is 13.3 Å². The zero-order valence-electron chi connectivity index (χ0n) is 7.04. The first kappa shape index (κ1) is 9.88. The topological polar surface area (TPSA) is 49.5 Å². The molecule has 0 aliphatic rings. The van der Waals surface area contributed by atoms with Gasteiger partial charge in [0.1, 0.15) is 6.23 Å². The van der Waals surface area contributed by atoms with Gasteiger partial charge < -0.3 is 10.8 Å². The molecular weight excluding hydrogens is 128 g/mol. The van der Waals surface area contributed by atoms with E-state index in [1.165, 1.54) is 0 Å². The summed E-state index contributed by atoms with van der Waals surface area (Å²) >= 11 is 0. The molecule has 3 nitrogen and oxygen atoms in total. The van der Waals surface area contributed by atoms with Crippen LogP contribution in [0.2, 0.25) is 0 Å². The number of aliphatic hydroxyl groups excluding tert-OH is 1. The summed E-state index contributed by atoms with van der Waals surface area (Å²) in [7, 11) is 1.82. The Morgan fingerprint density at radius 3 is 2.40 bits per heavy atom. The third kappa shape index (κ3) is 3.15. The fraction of sp³-hybridized carbons (Fsp3) is 1.00. The minimum atomic E-state index is -0.443. The molecule has 0 aromatic rings. The number of nitrogens with two attached hydrogens (primary N) is 1. The van der Waals surface area contributed by atoms with E-state index in [0.717, 1.165) is 12.8 Å². The van der Waals surface area contributed by atoms with E-state index < -0.39 is 6.23 Å². The Morgan fingerprint density at radius 1 is 1.60 bits per heavy atom. The first-order valence-corrected chi connectivity index (χ1v) is 3.75. The molecule has 3 N–H and O–H groups in total. The van der Waals surface area contributed by atoms with Crippen LogP contribution in [0.1, 0.15) is 26.7 Å². The predicted molar refractivity (Wildman–Crippen MR) is 42.3 cm³/mol. The van der Waals surface area contributed by atoms with E-state index in [9.17, 15) is 0 Å². The van der Waals surface area contributed by atoms with Crippen molar-refractivity contribution in [3.05, 3.63) is 0 Å². The van der Waals surface area contributed by atoms with Crippen molar-refractivity contribution in [3.8, 4) is 0 Å². The minimum absolute atomic E-state index is 0.00926. The highest BCUT2D eigenvalue weighted by atomic mass is 16.3. The largest absolute Gasteiger partial charge is 0.379 e. The van der Waals surface area contributed by atoms with Crippen LogP contribution in [0.3, 0.4) is 0 Å². The number of nitrogens with zero attached hydrogens (tertiary/aromatic N) is 1. The Labute approximate surface area is 62.8 Å². The quantitative estimate of drug-likeness (QED) is 0.562. The molecule has 0 unspecified atom stereocenters. The summed E-state index contributed by atoms with van der Waals surface area (Å²) < 4.78 is 0. The third-order valence-corrected chi connectivity index (χ3v) is 1.70. The normalized spacial score (nSPS) is 17.4. The van der Waals surface area contributed by atoms with Gasteiger partial charge in [-0.25, -0.2) is 0 Å². The standard InChI is InChI=1S/C7H18N2O/c1-4-5-7(8)9(3)6(2)10/h6-7,10H,4-5,8H2,1-3H3/t6-,7-/m0/s1. The monoisotopic (exact) mass is 146 g/mol. The molecule has 0 aromatic carbocycles. The summed E-state index contributed by atoms with van der Waals surface area (Å²) in [5, 5.41) is 9.06. The molecule has 3 heteroatoms. The Bertz CT molecular complexity index is 85.7. The van der Waals surface area contributed by atoms with Gasteiger partial charge in [0.15, 0.2) is 0 Å². The molecule has 0 saturated heterocycles. The molecule has 0 amide bonds. The summed E-state index contributed by atoms with van der Waals surface area (Å²) in [4.78, 5) is 1.75. The van der Waals surface area contributed by atoms with E-state index >= 15 is 0 Å². The molecule has 62 valence electrons. The number of aliphatic hydroxyl groups is 1. The third-order valence-electron chi connectivity index (χ3n) is 1.70. The number of rotatable bonds is 4. The minimum Gasteiger partial charge on any atom is -0.379 e. The van der Waals surface area contributed by atoms with E-state index in [1.54, 1.807) is 11.8 Å². The molecule has 0 aromatic heterocycles. The Kier molecular flexibility index (Phi) is 4.60. The second kappa shape index (κ2) is 4.66. The van der Waals surface area contributed by atoms with Crippen LogP contribution < -0.4 is 5.73 Å². The Balaban J connectivity index is 3.58. The van der Waals surface area contributed by atoms with Crippen molar-refractivity contribution in [2.24, 2.45) is 5.73 Å². The molecule has 0 bridgehead atoms. The lowest BCUT2D eigenvalue weighted by atomic mass is 10.2. The molecule has 0 aliphatic heterocycles. The fourth-order valence-corrected chi connectivity index (χ4v) is 0.777. The van der Waals surface area contributed by atoms with E-state index in [4.69, 9.17) is 10.8 Å². The highest BCUT2D eigenvalue weighted by Crippen LogP contribution is 2.00. The summed E-state index contributed by atoms with van der Waals surface area (Å²) in [6, 6.07) is 0. The molecule has 0 radical (unpaired) electrons. The second-order valence-electron chi connectivity index (χ2n) is 2.65. The maximum atomic E-state index is 9.06. The predicted octanol–water partition coefficient (Wildman–Crippen LogP) is 0.341. The SMILES string of the molecule is CCC[C@@H](N)N(C)[C@H](C)O. The zero-order valence-corrected chi connectivity index (χ0v) is 7.04. The highest BCUT2D eigenvalue weighted by molar-refractivity contribution is 4.60. The summed E-state index contributed by atoms with van der Waals surface area (Å²) in [5.74, 6) is 0. The summed E-state index contributed by atoms with van der Waals surface area (Å²) in [6.45, 7) is 3.80. The van der Waals surface area contributed by atoms with Crippen molar-refractivity contribution < 1.29 is 5.11 Å². The smallest absolute Gasteiger partial charge is 0.105 e. The fourth-order valence-electron chi connectivity index (χ4n) is 0.777. The first-order chi connectivity index (χ1) is 4.59. The molecule has 2 atom stereocenters. The number of hydrogen-bond donors (Lipinski definition) is 2. The molecule has 0 rings (SSSR count). The molecular formula is C7H18N2O. The lowest BCUT2D eigenvalue weighted by molar-refractivity contribution is 0.00758. The van der Waals surface area contributed by atoms with Crippen LogP contribution in [-0.2, 0) is 0 Å². The molecule has 0 heterocycles. The van der Waals surface area contributed by atoms with Gasteiger partial charge in [0.25, 0.3) is 0 Å². The van der Waals surface area contributed by atoms with Crippen molar-refractivity contribution in [3.63, 3.8) is 0 Å². The molecule has 10 heavy (non-hydrogen) atoms. The van der Waals surface area contributed by atoms with Crippen LogP contribution >= 0.6 is 0 Å². The second-order valence-corrected chi connectivity index (χ2v) is 2.65. The van der Waals surface area contributed by atoms with Crippen LogP contribution in [0.4, 0.5) is 0 Å². The van der Waals surface area contributed by atoms with Crippen LogP contribution in [-0.4, -0.2) is 29.4 Å². The van der Waals surface area contributed by atoms with Gasteiger partial charge in [0, 0.05) is 0 Å². The van der Waals surface area contributed by atoms with Crippen molar-refractivity contribution in [1.82, 2.24) is 4.90 Å². The Hall–Kier alpha value is -0.120. The van der Waals surface area contributed by atoms with E-state index in [0.29, 0.717) is 0 Å². The van der Waals surface area contributed by atoms with Crippen LogP contribution in [0.15, 0.2) is 0 Å². The van der Waals surface area contributed by atoms with Crippen LogP contribution in [0.25, 0.3) is 0 Å². The maximum absolute atomic E-state index is 9.06. The van der Waals surface area contributed by atoms with Gasteiger partial charge in [0.2, 0.25) is 0 Å². The molecule has 0 aliphatic carbocycles. The lowest BCUT2D eigenvalue weighted by Crippen LogP contribution is -2.44. The van der Waals surface area contributed by atoms with Crippen LogP contribution in [0.5, 0.6) is 0 Å². The summed E-state index contributed by atoms with van der Waals surface area (Å²) in [5.41, 5.74) is 5.69. The van der Waals surface area contributed by atoms with Crippen LogP contribution in [0, 0.1) is 0 Å². The molecule has 0 spiro atoms. The number of hydrogen-bond acceptors (Lipinski definition) is 3. The van der Waals surface area contributed by atoms with E-state index in [-0.39, 0.29) is 6.17 Å². The van der Waals surface area contributed by atoms with Gasteiger partial charge >= 0.3 is 0 Å². The zero-order chi connectivity index (χ0) is 8.15. The first-order valence-electron chi connectivity index (χ1n) is 3.75. The molecule has 0 fully saturated rings. The Morgan fingerprint density at radius 2 is 2.10 bits per heavy atom. The maximum Gasteiger partial charge on any atom is 0.105 e. The van der Waals surface area contributed by atoms with Gasteiger partial charge in [-0.05, 0) is 20.4 Å². The van der Waals surface area contributed by atoms with Gasteiger partial charge in [-0.2, -0.15) is 0 Å².